The maximum Gasteiger partial charge on any atom is 0.308 e. The maximum absolute atomic E-state index is 12.2. The van der Waals surface area contributed by atoms with Crippen LogP contribution in [0.4, 0.5) is 0 Å². The molecule has 0 spiro atoms. The highest BCUT2D eigenvalue weighted by molar-refractivity contribution is 9.10. The number of carbonyl (C=O) groups excluding carboxylic acids is 1. The second-order valence-electron chi connectivity index (χ2n) is 5.92. The number of aliphatic carboxylic acids is 1. The van der Waals surface area contributed by atoms with Gasteiger partial charge in [0, 0.05) is 22.8 Å². The number of carboxylic acid groups (broad SMARTS) is 1. The Kier molecular flexibility index (Phi) is 6.38. The number of carbonyl (C=O) groups is 2. The van der Waals surface area contributed by atoms with Gasteiger partial charge in [0.1, 0.15) is 6.54 Å². The first-order valence-corrected chi connectivity index (χ1v) is 8.65. The van der Waals surface area contributed by atoms with Crippen molar-refractivity contribution in [3.8, 4) is 0 Å². The van der Waals surface area contributed by atoms with Gasteiger partial charge in [-0.3, -0.25) is 14.4 Å². The highest BCUT2D eigenvalue weighted by Gasteiger charge is 2.29. The molecule has 126 valence electrons. The number of halogens is 1. The van der Waals surface area contributed by atoms with Crippen molar-refractivity contribution in [2.24, 2.45) is 5.92 Å². The van der Waals surface area contributed by atoms with E-state index in [4.69, 9.17) is 0 Å². The van der Waals surface area contributed by atoms with Gasteiger partial charge in [0.15, 0.2) is 0 Å². The van der Waals surface area contributed by atoms with Crippen LogP contribution in [0.3, 0.4) is 0 Å². The largest absolute Gasteiger partial charge is 0.481 e. The van der Waals surface area contributed by atoms with E-state index in [-0.39, 0.29) is 24.1 Å². The number of hydrogen-bond donors (Lipinski definition) is 2. The summed E-state index contributed by atoms with van der Waals surface area (Å²) in [5, 5.41) is 12.2. The first-order chi connectivity index (χ1) is 11.0. The molecule has 2 atom stereocenters. The monoisotopic (exact) mass is 384 g/mol. The summed E-state index contributed by atoms with van der Waals surface area (Å²) in [5.74, 6) is -1.75. The fraction of sp³-hybridized carbons (Fsp3) is 0.562. The van der Waals surface area contributed by atoms with Crippen molar-refractivity contribution in [1.29, 1.82) is 0 Å². The molecule has 0 bridgehead atoms. The van der Waals surface area contributed by atoms with Crippen molar-refractivity contribution in [2.75, 3.05) is 0 Å². The molecule has 23 heavy (non-hydrogen) atoms. The van der Waals surface area contributed by atoms with Crippen LogP contribution in [0.1, 0.15) is 38.5 Å². The van der Waals surface area contributed by atoms with Crippen LogP contribution in [-0.2, 0) is 16.1 Å². The summed E-state index contributed by atoms with van der Waals surface area (Å²) < 4.78 is 2.01. The Morgan fingerprint density at radius 3 is 2.61 bits per heavy atom. The topological polar surface area (TPSA) is 88.4 Å². The first kappa shape index (κ1) is 17.7. The van der Waals surface area contributed by atoms with Crippen molar-refractivity contribution in [3.05, 3.63) is 33.2 Å². The van der Waals surface area contributed by atoms with Gasteiger partial charge in [0.25, 0.3) is 5.56 Å². The van der Waals surface area contributed by atoms with E-state index in [1.165, 1.54) is 10.6 Å². The van der Waals surface area contributed by atoms with Gasteiger partial charge in [-0.05, 0) is 34.8 Å². The number of carboxylic acids is 1. The molecule has 1 aliphatic carbocycles. The van der Waals surface area contributed by atoms with Crippen LogP contribution in [-0.4, -0.2) is 27.6 Å². The maximum atomic E-state index is 12.2. The molecular formula is C16H21BrN2O4. The number of amides is 1. The molecule has 0 radical (unpaired) electrons. The molecule has 1 aromatic rings. The average molecular weight is 385 g/mol. The summed E-state index contributed by atoms with van der Waals surface area (Å²) in [7, 11) is 0. The molecule has 1 aromatic heterocycles. The molecule has 1 amide bonds. The van der Waals surface area contributed by atoms with Crippen LogP contribution in [0, 0.1) is 5.92 Å². The van der Waals surface area contributed by atoms with Crippen LogP contribution >= 0.6 is 15.9 Å². The van der Waals surface area contributed by atoms with Gasteiger partial charge in [-0.15, -0.1) is 0 Å². The van der Waals surface area contributed by atoms with E-state index in [9.17, 15) is 19.5 Å². The van der Waals surface area contributed by atoms with Crippen LogP contribution in [0.2, 0.25) is 0 Å². The van der Waals surface area contributed by atoms with Gasteiger partial charge in [0.05, 0.1) is 5.92 Å². The average Bonchev–Trinajstić information content (AvgIpc) is 2.45. The lowest BCUT2D eigenvalue weighted by molar-refractivity contribution is -0.143. The molecule has 7 heteroatoms. The van der Waals surface area contributed by atoms with Gasteiger partial charge in [-0.2, -0.15) is 0 Å². The fourth-order valence-electron chi connectivity index (χ4n) is 2.99. The normalized spacial score (nSPS) is 22.0. The van der Waals surface area contributed by atoms with Crippen molar-refractivity contribution >= 4 is 27.8 Å². The second kappa shape index (κ2) is 8.29. The third kappa shape index (κ3) is 5.20. The predicted octanol–water partition coefficient (Wildman–Crippen LogP) is 2.15. The zero-order chi connectivity index (χ0) is 16.8. The minimum Gasteiger partial charge on any atom is -0.481 e. The summed E-state index contributed by atoms with van der Waals surface area (Å²) in [4.78, 5) is 35.4. The highest BCUT2D eigenvalue weighted by Crippen LogP contribution is 2.23. The third-order valence-electron chi connectivity index (χ3n) is 4.19. The lowest BCUT2D eigenvalue weighted by atomic mass is 9.87. The molecule has 1 fully saturated rings. The minimum absolute atomic E-state index is 0.110. The van der Waals surface area contributed by atoms with Gasteiger partial charge in [-0.25, -0.2) is 0 Å². The van der Waals surface area contributed by atoms with Crippen LogP contribution in [0.5, 0.6) is 0 Å². The highest BCUT2D eigenvalue weighted by atomic mass is 79.9. The number of hydrogen-bond acceptors (Lipinski definition) is 3. The Balaban J connectivity index is 2.05. The zero-order valence-corrected chi connectivity index (χ0v) is 14.4. The van der Waals surface area contributed by atoms with Crippen LogP contribution < -0.4 is 10.9 Å². The Hall–Kier alpha value is -1.63. The van der Waals surface area contributed by atoms with E-state index >= 15 is 0 Å². The van der Waals surface area contributed by atoms with E-state index in [0.29, 0.717) is 17.3 Å². The van der Waals surface area contributed by atoms with Gasteiger partial charge in [-0.1, -0.05) is 25.7 Å². The number of aromatic nitrogens is 1. The lowest BCUT2D eigenvalue weighted by Crippen LogP contribution is -2.45. The Morgan fingerprint density at radius 1 is 1.22 bits per heavy atom. The van der Waals surface area contributed by atoms with E-state index in [1.54, 1.807) is 12.3 Å². The minimum atomic E-state index is -0.864. The second-order valence-corrected chi connectivity index (χ2v) is 6.84. The number of rotatable bonds is 4. The van der Waals surface area contributed by atoms with E-state index in [2.05, 4.69) is 21.2 Å². The molecule has 2 N–H and O–H groups in total. The molecule has 2 unspecified atom stereocenters. The SMILES string of the molecule is O=C(Cn1cc(Br)ccc1=O)NC1CCCCCCC1C(=O)O. The fourth-order valence-corrected chi connectivity index (χ4v) is 3.36. The Morgan fingerprint density at radius 2 is 1.91 bits per heavy atom. The standard InChI is InChI=1S/C16H21BrN2O4/c17-11-7-8-15(21)19(9-11)10-14(20)18-13-6-4-2-1-3-5-12(13)16(22)23/h7-9,12-13H,1-6,10H2,(H,18,20)(H,22,23). The molecule has 1 aliphatic rings. The first-order valence-electron chi connectivity index (χ1n) is 7.85. The molecule has 1 heterocycles. The third-order valence-corrected chi connectivity index (χ3v) is 4.66. The summed E-state index contributed by atoms with van der Waals surface area (Å²) in [6, 6.07) is 2.63. The quantitative estimate of drug-likeness (QED) is 0.832. The summed E-state index contributed by atoms with van der Waals surface area (Å²) in [5.41, 5.74) is -0.268. The van der Waals surface area contributed by atoms with Gasteiger partial charge >= 0.3 is 5.97 Å². The number of nitrogens with one attached hydrogen (secondary N) is 1. The molecule has 0 saturated heterocycles. The predicted molar refractivity (Wildman–Crippen MR) is 89.2 cm³/mol. The molecule has 0 aromatic carbocycles. The van der Waals surface area contributed by atoms with Gasteiger partial charge in [0.2, 0.25) is 5.91 Å². The molecule has 2 rings (SSSR count). The van der Waals surface area contributed by atoms with Gasteiger partial charge < -0.3 is 15.0 Å². The molecule has 6 nitrogen and oxygen atoms in total. The molecular weight excluding hydrogens is 364 g/mol. The smallest absolute Gasteiger partial charge is 0.308 e. The zero-order valence-electron chi connectivity index (χ0n) is 12.8. The van der Waals surface area contributed by atoms with E-state index < -0.39 is 11.9 Å². The summed E-state index contributed by atoms with van der Waals surface area (Å²) >= 11 is 3.26. The summed E-state index contributed by atoms with van der Waals surface area (Å²) in [6.45, 7) is -0.110. The van der Waals surface area contributed by atoms with E-state index in [0.717, 1.165) is 25.7 Å². The van der Waals surface area contributed by atoms with E-state index in [1.807, 2.05) is 0 Å². The lowest BCUT2D eigenvalue weighted by Gasteiger charge is -2.27. The Labute approximate surface area is 143 Å². The molecule has 0 aliphatic heterocycles. The van der Waals surface area contributed by atoms with Crippen molar-refractivity contribution < 1.29 is 14.7 Å². The van der Waals surface area contributed by atoms with Crippen molar-refractivity contribution in [2.45, 2.75) is 51.1 Å². The molecule has 1 saturated carbocycles. The number of nitrogens with zero attached hydrogens (tertiary/aromatic N) is 1. The van der Waals surface area contributed by atoms with Crippen molar-refractivity contribution in [3.63, 3.8) is 0 Å². The van der Waals surface area contributed by atoms with Crippen molar-refractivity contribution in [1.82, 2.24) is 9.88 Å². The Bertz CT molecular complexity index is 629. The van der Waals surface area contributed by atoms with Crippen LogP contribution in [0.25, 0.3) is 0 Å². The van der Waals surface area contributed by atoms with Crippen LogP contribution in [0.15, 0.2) is 27.6 Å². The summed E-state index contributed by atoms with van der Waals surface area (Å²) in [6.07, 6.45) is 6.67. The number of pyridine rings is 1.